The van der Waals surface area contributed by atoms with Gasteiger partial charge in [0.2, 0.25) is 0 Å². The summed E-state index contributed by atoms with van der Waals surface area (Å²) in [5.41, 5.74) is 6.20. The third kappa shape index (κ3) is 2.43. The van der Waals surface area contributed by atoms with Crippen LogP contribution in [0.25, 0.3) is 5.82 Å². The van der Waals surface area contributed by atoms with Gasteiger partial charge >= 0.3 is 5.97 Å². The fourth-order valence-corrected chi connectivity index (χ4v) is 1.53. The molecule has 0 spiro atoms. The summed E-state index contributed by atoms with van der Waals surface area (Å²) in [6, 6.07) is 1.51. The second kappa shape index (κ2) is 5.05. The van der Waals surface area contributed by atoms with Crippen molar-refractivity contribution >= 4 is 23.3 Å². The number of anilines is 1. The number of halogens is 1. The number of pyridine rings is 1. The van der Waals surface area contributed by atoms with Crippen LogP contribution < -0.4 is 5.73 Å². The van der Waals surface area contributed by atoms with Gasteiger partial charge in [-0.3, -0.25) is 0 Å². The summed E-state index contributed by atoms with van der Waals surface area (Å²) in [6.07, 6.45) is 4.44. The zero-order chi connectivity index (χ0) is 13.1. The minimum Gasteiger partial charge on any atom is -0.462 e. The summed E-state index contributed by atoms with van der Waals surface area (Å²) >= 11 is 5.77. The molecular weight excluding hydrogens is 256 g/mol. The maximum atomic E-state index is 11.7. The van der Waals surface area contributed by atoms with Crippen LogP contribution in [0.2, 0.25) is 5.02 Å². The summed E-state index contributed by atoms with van der Waals surface area (Å²) in [5.74, 6) is -0.0453. The molecule has 0 amide bonds. The summed E-state index contributed by atoms with van der Waals surface area (Å²) < 4.78 is 6.35. The molecule has 94 valence electrons. The van der Waals surface area contributed by atoms with Gasteiger partial charge in [0, 0.05) is 0 Å². The van der Waals surface area contributed by atoms with Crippen molar-refractivity contribution < 1.29 is 9.53 Å². The Balaban J connectivity index is 2.40. The van der Waals surface area contributed by atoms with Crippen LogP contribution >= 0.6 is 11.6 Å². The molecule has 0 unspecified atom stereocenters. The zero-order valence-electron chi connectivity index (χ0n) is 9.63. The maximum Gasteiger partial charge on any atom is 0.340 e. The average Bonchev–Trinajstić information content (AvgIpc) is 2.77. The predicted octanol–water partition coefficient (Wildman–Crippen LogP) is 1.68. The molecule has 2 N–H and O–H groups in total. The zero-order valence-corrected chi connectivity index (χ0v) is 10.4. The SMILES string of the molecule is CCOC(=O)c1cc(-n2cc(Cl)cn2)ncc1N. The summed E-state index contributed by atoms with van der Waals surface area (Å²) in [5, 5.41) is 4.47. The number of hydrogen-bond donors (Lipinski definition) is 1. The lowest BCUT2D eigenvalue weighted by molar-refractivity contribution is 0.0527. The van der Waals surface area contributed by atoms with Gasteiger partial charge in [0.05, 0.1) is 41.5 Å². The van der Waals surface area contributed by atoms with E-state index in [2.05, 4.69) is 10.1 Å². The lowest BCUT2D eigenvalue weighted by Gasteiger charge is -2.07. The number of rotatable bonds is 3. The van der Waals surface area contributed by atoms with E-state index in [4.69, 9.17) is 22.1 Å². The van der Waals surface area contributed by atoms with E-state index >= 15 is 0 Å². The number of carbonyl (C=O) groups is 1. The number of hydrogen-bond acceptors (Lipinski definition) is 5. The third-order valence-corrected chi connectivity index (χ3v) is 2.40. The minimum absolute atomic E-state index is 0.258. The van der Waals surface area contributed by atoms with E-state index in [1.165, 1.54) is 23.1 Å². The van der Waals surface area contributed by atoms with E-state index in [-0.39, 0.29) is 17.9 Å². The smallest absolute Gasteiger partial charge is 0.340 e. The molecule has 0 atom stereocenters. The second-order valence-electron chi connectivity index (χ2n) is 3.45. The number of esters is 1. The van der Waals surface area contributed by atoms with E-state index in [9.17, 15) is 4.79 Å². The predicted molar refractivity (Wildman–Crippen MR) is 66.7 cm³/mol. The normalized spacial score (nSPS) is 10.3. The van der Waals surface area contributed by atoms with E-state index in [1.807, 2.05) is 0 Å². The Kier molecular flexibility index (Phi) is 3.47. The Morgan fingerprint density at radius 1 is 1.56 bits per heavy atom. The molecule has 2 aromatic rings. The van der Waals surface area contributed by atoms with Gasteiger partial charge in [-0.25, -0.2) is 14.5 Å². The largest absolute Gasteiger partial charge is 0.462 e. The molecule has 18 heavy (non-hydrogen) atoms. The van der Waals surface area contributed by atoms with Gasteiger partial charge in [-0.2, -0.15) is 5.10 Å². The van der Waals surface area contributed by atoms with Gasteiger partial charge in [-0.1, -0.05) is 11.6 Å². The molecule has 2 rings (SSSR count). The molecule has 7 heteroatoms. The van der Waals surface area contributed by atoms with Crippen LogP contribution in [0.15, 0.2) is 24.7 Å². The summed E-state index contributed by atoms with van der Waals surface area (Å²) in [7, 11) is 0. The first kappa shape index (κ1) is 12.4. The van der Waals surface area contributed by atoms with Crippen LogP contribution in [0, 0.1) is 0 Å². The van der Waals surface area contributed by atoms with Crippen molar-refractivity contribution in [2.75, 3.05) is 12.3 Å². The van der Waals surface area contributed by atoms with E-state index in [1.54, 1.807) is 13.1 Å². The molecule has 0 radical (unpaired) electrons. The maximum absolute atomic E-state index is 11.7. The highest BCUT2D eigenvalue weighted by Gasteiger charge is 2.13. The van der Waals surface area contributed by atoms with Gasteiger partial charge in [0.1, 0.15) is 0 Å². The quantitative estimate of drug-likeness (QED) is 0.855. The molecule has 0 fully saturated rings. The highest BCUT2D eigenvalue weighted by atomic mass is 35.5. The number of carbonyl (C=O) groups excluding carboxylic acids is 1. The van der Waals surface area contributed by atoms with Crippen LogP contribution in [-0.4, -0.2) is 27.3 Å². The van der Waals surface area contributed by atoms with Gasteiger partial charge in [-0.05, 0) is 13.0 Å². The summed E-state index contributed by atoms with van der Waals surface area (Å²) in [6.45, 7) is 2.01. The average molecular weight is 267 g/mol. The molecule has 0 bridgehead atoms. The lowest BCUT2D eigenvalue weighted by Crippen LogP contribution is -2.10. The molecule has 0 aromatic carbocycles. The highest BCUT2D eigenvalue weighted by Crippen LogP contribution is 2.16. The Bertz CT molecular complexity index is 582. The van der Waals surface area contributed by atoms with Crippen LogP contribution in [0.3, 0.4) is 0 Å². The molecule has 0 aliphatic rings. The molecule has 0 saturated carbocycles. The van der Waals surface area contributed by atoms with Crippen molar-refractivity contribution in [1.29, 1.82) is 0 Å². The molecule has 0 saturated heterocycles. The molecule has 2 aromatic heterocycles. The van der Waals surface area contributed by atoms with Crippen molar-refractivity contribution in [2.45, 2.75) is 6.92 Å². The Morgan fingerprint density at radius 2 is 2.33 bits per heavy atom. The fourth-order valence-electron chi connectivity index (χ4n) is 1.39. The fraction of sp³-hybridized carbons (Fsp3) is 0.182. The van der Waals surface area contributed by atoms with Gasteiger partial charge in [0.25, 0.3) is 0 Å². The van der Waals surface area contributed by atoms with Crippen molar-refractivity contribution in [3.8, 4) is 5.82 Å². The highest BCUT2D eigenvalue weighted by molar-refractivity contribution is 6.30. The summed E-state index contributed by atoms with van der Waals surface area (Å²) in [4.78, 5) is 15.7. The first-order chi connectivity index (χ1) is 8.61. The number of nitrogens with zero attached hydrogens (tertiary/aromatic N) is 3. The topological polar surface area (TPSA) is 83.0 Å². The number of nitrogens with two attached hydrogens (primary N) is 1. The van der Waals surface area contributed by atoms with Crippen molar-refractivity contribution in [2.24, 2.45) is 0 Å². The Labute approximate surface area is 108 Å². The molecule has 0 aliphatic carbocycles. The van der Waals surface area contributed by atoms with E-state index in [0.29, 0.717) is 10.8 Å². The third-order valence-electron chi connectivity index (χ3n) is 2.20. The van der Waals surface area contributed by atoms with E-state index in [0.717, 1.165) is 0 Å². The number of ether oxygens (including phenoxy) is 1. The van der Waals surface area contributed by atoms with Crippen LogP contribution in [0.5, 0.6) is 0 Å². The molecule has 6 nitrogen and oxygen atoms in total. The first-order valence-electron chi connectivity index (χ1n) is 5.25. The van der Waals surface area contributed by atoms with Crippen molar-refractivity contribution in [3.63, 3.8) is 0 Å². The Morgan fingerprint density at radius 3 is 2.94 bits per heavy atom. The van der Waals surface area contributed by atoms with Crippen LogP contribution in [-0.2, 0) is 4.74 Å². The lowest BCUT2D eigenvalue weighted by atomic mass is 10.2. The van der Waals surface area contributed by atoms with Crippen molar-refractivity contribution in [3.05, 3.63) is 35.2 Å². The van der Waals surface area contributed by atoms with E-state index < -0.39 is 5.97 Å². The number of nitrogen functional groups attached to an aromatic ring is 1. The monoisotopic (exact) mass is 266 g/mol. The minimum atomic E-state index is -0.489. The van der Waals surface area contributed by atoms with Gasteiger partial charge in [0.15, 0.2) is 5.82 Å². The van der Waals surface area contributed by atoms with Gasteiger partial charge in [-0.15, -0.1) is 0 Å². The second-order valence-corrected chi connectivity index (χ2v) is 3.89. The number of aromatic nitrogens is 3. The van der Waals surface area contributed by atoms with Crippen LogP contribution in [0.4, 0.5) is 5.69 Å². The molecule has 2 heterocycles. The molecule has 0 aliphatic heterocycles. The van der Waals surface area contributed by atoms with Gasteiger partial charge < -0.3 is 10.5 Å². The first-order valence-corrected chi connectivity index (χ1v) is 5.62. The molecular formula is C11H11ClN4O2. The standard InChI is InChI=1S/C11H11ClN4O2/c1-2-18-11(17)8-3-10(14-5-9(8)13)16-6-7(12)4-15-16/h3-6H,2,13H2,1H3. The van der Waals surface area contributed by atoms with Crippen LogP contribution in [0.1, 0.15) is 17.3 Å². The van der Waals surface area contributed by atoms with Crippen molar-refractivity contribution in [1.82, 2.24) is 14.8 Å². The Hall–Kier alpha value is -2.08.